The molecule has 6 rings (SSSR count). The van der Waals surface area contributed by atoms with E-state index in [0.29, 0.717) is 33.5 Å². The Balaban J connectivity index is 1.60. The Labute approximate surface area is 201 Å². The highest BCUT2D eigenvalue weighted by Crippen LogP contribution is 2.34. The van der Waals surface area contributed by atoms with Gasteiger partial charge in [-0.25, -0.2) is 27.3 Å². The van der Waals surface area contributed by atoms with Crippen LogP contribution in [0.3, 0.4) is 0 Å². The summed E-state index contributed by atoms with van der Waals surface area (Å²) >= 11 is 0. The molecule has 3 aromatic carbocycles. The Kier molecular flexibility index (Phi) is 4.82. The van der Waals surface area contributed by atoms with Crippen molar-refractivity contribution >= 4 is 37.9 Å². The molecule has 170 valence electrons. The third-order valence-corrected chi connectivity index (χ3v) is 7.55. The number of hydrogen-bond donors (Lipinski definition) is 1. The molecule has 2 N–H and O–H groups in total. The number of para-hydroxylation sites is 1. The van der Waals surface area contributed by atoms with Gasteiger partial charge in [0.05, 0.1) is 21.6 Å². The largest absolute Gasteiger partial charge is 0.368 e. The van der Waals surface area contributed by atoms with E-state index >= 15 is 0 Å². The number of aromatic nitrogens is 4. The summed E-state index contributed by atoms with van der Waals surface area (Å²) < 4.78 is 28.3. The maximum Gasteiger partial charge on any atom is 0.268 e. The SMILES string of the molecule is Nc1nc(-c2ccccc2)c2nc(-c3cn(S(=O)(=O)c4ccccc4)c4ccccc34)ccc2n1. The van der Waals surface area contributed by atoms with Crippen molar-refractivity contribution in [1.82, 2.24) is 18.9 Å². The molecular weight excluding hydrogens is 458 g/mol. The first-order chi connectivity index (χ1) is 17.0. The summed E-state index contributed by atoms with van der Waals surface area (Å²) in [5.74, 6) is 0.163. The van der Waals surface area contributed by atoms with Crippen LogP contribution < -0.4 is 5.73 Å². The van der Waals surface area contributed by atoms with Gasteiger partial charge in [0.15, 0.2) is 0 Å². The lowest BCUT2D eigenvalue weighted by atomic mass is 10.1. The van der Waals surface area contributed by atoms with Gasteiger partial charge in [-0.3, -0.25) is 0 Å². The van der Waals surface area contributed by atoms with Gasteiger partial charge in [0, 0.05) is 22.7 Å². The maximum absolute atomic E-state index is 13.5. The highest BCUT2D eigenvalue weighted by molar-refractivity contribution is 7.90. The van der Waals surface area contributed by atoms with E-state index in [-0.39, 0.29) is 10.8 Å². The maximum atomic E-state index is 13.5. The highest BCUT2D eigenvalue weighted by atomic mass is 32.2. The normalized spacial score (nSPS) is 11.8. The molecule has 0 bridgehead atoms. The van der Waals surface area contributed by atoms with Gasteiger partial charge < -0.3 is 5.73 Å². The second kappa shape index (κ2) is 8.03. The summed E-state index contributed by atoms with van der Waals surface area (Å²) in [6.07, 6.45) is 1.63. The molecule has 0 aliphatic carbocycles. The average Bonchev–Trinajstić information content (AvgIpc) is 3.30. The van der Waals surface area contributed by atoms with Crippen LogP contribution in [0.25, 0.3) is 44.5 Å². The molecule has 0 fully saturated rings. The predicted octanol–water partition coefficient (Wildman–Crippen LogP) is 5.13. The molecule has 0 saturated heterocycles. The summed E-state index contributed by atoms with van der Waals surface area (Å²) in [5, 5.41) is 0.775. The summed E-state index contributed by atoms with van der Waals surface area (Å²) in [5.41, 5.74) is 10.5. The fraction of sp³-hybridized carbons (Fsp3) is 0. The molecule has 8 heteroatoms. The third-order valence-electron chi connectivity index (χ3n) is 5.86. The quantitative estimate of drug-likeness (QED) is 0.377. The molecular formula is C27H19N5O2S. The van der Waals surface area contributed by atoms with Crippen molar-refractivity contribution in [3.63, 3.8) is 0 Å². The highest BCUT2D eigenvalue weighted by Gasteiger charge is 2.22. The van der Waals surface area contributed by atoms with Crippen LogP contribution in [-0.4, -0.2) is 27.3 Å². The summed E-state index contributed by atoms with van der Waals surface area (Å²) in [6.45, 7) is 0. The van der Waals surface area contributed by atoms with Crippen LogP contribution in [0, 0.1) is 0 Å². The number of rotatable bonds is 4. The van der Waals surface area contributed by atoms with E-state index in [1.165, 1.54) is 3.97 Å². The molecule has 3 aromatic heterocycles. The monoisotopic (exact) mass is 477 g/mol. The van der Waals surface area contributed by atoms with Crippen LogP contribution in [-0.2, 0) is 10.0 Å². The van der Waals surface area contributed by atoms with Crippen LogP contribution in [0.4, 0.5) is 5.95 Å². The van der Waals surface area contributed by atoms with Crippen LogP contribution in [0.1, 0.15) is 0 Å². The van der Waals surface area contributed by atoms with Crippen molar-refractivity contribution in [2.75, 3.05) is 5.73 Å². The van der Waals surface area contributed by atoms with E-state index < -0.39 is 10.0 Å². The van der Waals surface area contributed by atoms with E-state index in [2.05, 4.69) is 9.97 Å². The number of benzene rings is 3. The molecule has 0 radical (unpaired) electrons. The van der Waals surface area contributed by atoms with Gasteiger partial charge in [-0.2, -0.15) is 0 Å². The van der Waals surface area contributed by atoms with Crippen molar-refractivity contribution in [3.8, 4) is 22.5 Å². The predicted molar refractivity (Wildman–Crippen MR) is 137 cm³/mol. The van der Waals surface area contributed by atoms with E-state index in [4.69, 9.17) is 10.7 Å². The molecule has 7 nitrogen and oxygen atoms in total. The summed E-state index contributed by atoms with van der Waals surface area (Å²) in [7, 11) is -3.80. The molecule has 0 aliphatic rings. The summed E-state index contributed by atoms with van der Waals surface area (Å²) in [4.78, 5) is 13.9. The van der Waals surface area contributed by atoms with Gasteiger partial charge in [0.2, 0.25) is 5.95 Å². The molecule has 0 saturated carbocycles. The number of nitrogen functional groups attached to an aromatic ring is 1. The molecule has 3 heterocycles. The van der Waals surface area contributed by atoms with E-state index in [1.54, 1.807) is 42.6 Å². The third kappa shape index (κ3) is 3.51. The number of nitrogens with two attached hydrogens (primary N) is 1. The van der Waals surface area contributed by atoms with Gasteiger partial charge in [0.1, 0.15) is 11.2 Å². The zero-order valence-corrected chi connectivity index (χ0v) is 19.2. The van der Waals surface area contributed by atoms with Crippen LogP contribution in [0.2, 0.25) is 0 Å². The van der Waals surface area contributed by atoms with Crippen molar-refractivity contribution in [2.24, 2.45) is 0 Å². The standard InChI is InChI=1S/C27H19N5O2S/c28-27-30-23-16-15-22(29-26(23)25(31-27)18-9-3-1-4-10-18)21-17-32(24-14-8-7-13-20(21)24)35(33,34)19-11-5-2-6-12-19/h1-17H,(H2,28,30,31). The lowest BCUT2D eigenvalue weighted by Crippen LogP contribution is -2.11. The number of nitrogens with zero attached hydrogens (tertiary/aromatic N) is 4. The smallest absolute Gasteiger partial charge is 0.268 e. The number of fused-ring (bicyclic) bond motifs is 2. The Hall–Kier alpha value is -4.56. The molecule has 0 spiro atoms. The van der Waals surface area contributed by atoms with E-state index in [0.717, 1.165) is 10.9 Å². The van der Waals surface area contributed by atoms with E-state index in [9.17, 15) is 8.42 Å². The summed E-state index contributed by atoms with van der Waals surface area (Å²) in [6, 6.07) is 29.1. The zero-order valence-electron chi connectivity index (χ0n) is 18.4. The Morgan fingerprint density at radius 2 is 1.40 bits per heavy atom. The molecule has 0 atom stereocenters. The second-order valence-corrected chi connectivity index (χ2v) is 9.85. The van der Waals surface area contributed by atoms with Gasteiger partial charge in [-0.15, -0.1) is 0 Å². The Morgan fingerprint density at radius 1 is 0.714 bits per heavy atom. The first-order valence-electron chi connectivity index (χ1n) is 10.9. The minimum Gasteiger partial charge on any atom is -0.368 e. The van der Waals surface area contributed by atoms with Crippen molar-refractivity contribution < 1.29 is 8.42 Å². The molecule has 35 heavy (non-hydrogen) atoms. The van der Waals surface area contributed by atoms with Crippen LogP contribution in [0.15, 0.2) is 108 Å². The van der Waals surface area contributed by atoms with Gasteiger partial charge in [0.25, 0.3) is 10.0 Å². The lowest BCUT2D eigenvalue weighted by molar-refractivity contribution is 0.589. The topological polar surface area (TPSA) is 104 Å². The molecule has 0 unspecified atom stereocenters. The minimum atomic E-state index is -3.80. The number of hydrogen-bond acceptors (Lipinski definition) is 6. The molecule has 0 amide bonds. The van der Waals surface area contributed by atoms with Crippen molar-refractivity contribution in [3.05, 3.63) is 103 Å². The molecule has 6 aromatic rings. The van der Waals surface area contributed by atoms with Gasteiger partial charge in [-0.05, 0) is 30.3 Å². The Morgan fingerprint density at radius 3 is 2.17 bits per heavy atom. The van der Waals surface area contributed by atoms with E-state index in [1.807, 2.05) is 60.7 Å². The van der Waals surface area contributed by atoms with Crippen molar-refractivity contribution in [2.45, 2.75) is 4.90 Å². The average molecular weight is 478 g/mol. The first kappa shape index (κ1) is 21.0. The lowest BCUT2D eigenvalue weighted by Gasteiger charge is -2.08. The number of anilines is 1. The van der Waals surface area contributed by atoms with Crippen molar-refractivity contribution in [1.29, 1.82) is 0 Å². The Bertz CT molecular complexity index is 1820. The van der Waals surface area contributed by atoms with Crippen LogP contribution in [0.5, 0.6) is 0 Å². The second-order valence-electron chi connectivity index (χ2n) is 8.03. The minimum absolute atomic E-state index is 0.163. The van der Waals surface area contributed by atoms with Gasteiger partial charge in [-0.1, -0.05) is 66.7 Å². The fourth-order valence-electron chi connectivity index (χ4n) is 4.24. The van der Waals surface area contributed by atoms with Crippen LogP contribution >= 0.6 is 0 Å². The zero-order chi connectivity index (χ0) is 24.0. The van der Waals surface area contributed by atoms with Gasteiger partial charge >= 0.3 is 0 Å². The number of pyridine rings is 1. The fourth-order valence-corrected chi connectivity index (χ4v) is 5.63. The first-order valence-corrected chi connectivity index (χ1v) is 12.4. The molecule has 0 aliphatic heterocycles.